The summed E-state index contributed by atoms with van der Waals surface area (Å²) >= 11 is 5.79. The maximum absolute atomic E-state index is 11.8. The summed E-state index contributed by atoms with van der Waals surface area (Å²) in [5, 5.41) is 0.300. The summed E-state index contributed by atoms with van der Waals surface area (Å²) in [6, 6.07) is 0. The van der Waals surface area contributed by atoms with Crippen molar-refractivity contribution in [3.05, 3.63) is 25.4 Å². The van der Waals surface area contributed by atoms with E-state index in [9.17, 15) is 4.79 Å². The first-order valence-corrected chi connectivity index (χ1v) is 8.47. The normalized spacial score (nSPS) is 20.5. The van der Waals surface area contributed by atoms with Gasteiger partial charge < -0.3 is 9.72 Å². The molecule has 0 saturated carbocycles. The van der Waals surface area contributed by atoms with E-state index in [1.165, 1.54) is 5.75 Å². The van der Waals surface area contributed by atoms with Gasteiger partial charge in [-0.05, 0) is 22.6 Å². The smallest absolute Gasteiger partial charge is 0.264 e. The van der Waals surface area contributed by atoms with Crippen LogP contribution in [0.4, 0.5) is 0 Å². The number of hydrogen-bond acceptors (Lipinski definition) is 5. The van der Waals surface area contributed by atoms with Crippen molar-refractivity contribution in [1.82, 2.24) is 9.97 Å². The number of nitrogens with zero attached hydrogens (tertiary/aromatic N) is 1. The van der Waals surface area contributed by atoms with E-state index in [2.05, 4.69) is 9.97 Å². The molecule has 1 N–H and O–H groups in total. The molecule has 0 aromatic carbocycles. The predicted octanol–water partition coefficient (Wildman–Crippen LogP) is 2.04. The molecule has 1 aromatic rings. The molecule has 1 aliphatic heterocycles. The van der Waals surface area contributed by atoms with Crippen molar-refractivity contribution >= 4 is 46.1 Å². The van der Waals surface area contributed by atoms with Crippen molar-refractivity contribution in [2.45, 2.75) is 11.9 Å². The summed E-state index contributed by atoms with van der Waals surface area (Å²) in [5.74, 6) is 4.10. The van der Waals surface area contributed by atoms with Crippen LogP contribution in [0.1, 0.15) is 16.8 Å². The molecule has 1 atom stereocenters. The van der Waals surface area contributed by atoms with E-state index in [0.717, 1.165) is 23.0 Å². The summed E-state index contributed by atoms with van der Waals surface area (Å²) in [6.45, 7) is 0.389. The zero-order valence-corrected chi connectivity index (χ0v) is 13.2. The first-order chi connectivity index (χ1) is 8.22. The van der Waals surface area contributed by atoms with Crippen LogP contribution in [-0.4, -0.2) is 34.3 Å². The molecule has 0 radical (unpaired) electrons. The first kappa shape index (κ1) is 13.7. The summed E-state index contributed by atoms with van der Waals surface area (Å²) in [4.78, 5) is 19.2. The quantitative estimate of drug-likeness (QED) is 0.809. The standard InChI is InChI=1S/C10H13IN2O2S2/c1-15-4-6-8(11)10(14)13-9(12-6)7-5-16-2-3-17-7/h7H,2-5H2,1H3,(H,12,13,14). The zero-order chi connectivity index (χ0) is 12.3. The highest BCUT2D eigenvalue weighted by atomic mass is 127. The van der Waals surface area contributed by atoms with Crippen molar-refractivity contribution in [3.8, 4) is 0 Å². The summed E-state index contributed by atoms with van der Waals surface area (Å²) < 4.78 is 5.70. The fourth-order valence-electron chi connectivity index (χ4n) is 1.56. The molecule has 1 saturated heterocycles. The monoisotopic (exact) mass is 384 g/mol. The van der Waals surface area contributed by atoms with Gasteiger partial charge in [0, 0.05) is 24.4 Å². The van der Waals surface area contributed by atoms with Gasteiger partial charge in [-0.15, -0.1) is 11.8 Å². The van der Waals surface area contributed by atoms with Crippen LogP contribution in [0.2, 0.25) is 0 Å². The summed E-state index contributed by atoms with van der Waals surface area (Å²) in [6.07, 6.45) is 0. The lowest BCUT2D eigenvalue weighted by molar-refractivity contribution is 0.180. The second-order valence-electron chi connectivity index (χ2n) is 3.58. The van der Waals surface area contributed by atoms with Crippen LogP contribution in [0.15, 0.2) is 4.79 Å². The van der Waals surface area contributed by atoms with Gasteiger partial charge in [-0.3, -0.25) is 4.79 Å². The van der Waals surface area contributed by atoms with Crippen LogP contribution >= 0.6 is 46.1 Å². The summed E-state index contributed by atoms with van der Waals surface area (Å²) in [5.41, 5.74) is 0.682. The molecule has 17 heavy (non-hydrogen) atoms. The molecule has 1 fully saturated rings. The van der Waals surface area contributed by atoms with Crippen LogP contribution in [0.25, 0.3) is 0 Å². The van der Waals surface area contributed by atoms with Gasteiger partial charge in [0.2, 0.25) is 0 Å². The number of rotatable bonds is 3. The van der Waals surface area contributed by atoms with Crippen molar-refractivity contribution in [2.24, 2.45) is 0 Å². The fourth-order valence-corrected chi connectivity index (χ4v) is 4.59. The molecule has 4 nitrogen and oxygen atoms in total. The minimum atomic E-state index is -0.0566. The van der Waals surface area contributed by atoms with Crippen molar-refractivity contribution in [3.63, 3.8) is 0 Å². The predicted molar refractivity (Wildman–Crippen MR) is 80.8 cm³/mol. The topological polar surface area (TPSA) is 55.0 Å². The van der Waals surface area contributed by atoms with Crippen LogP contribution < -0.4 is 5.56 Å². The number of hydrogen-bond donors (Lipinski definition) is 1. The van der Waals surface area contributed by atoms with Gasteiger partial charge >= 0.3 is 0 Å². The van der Waals surface area contributed by atoms with E-state index in [0.29, 0.717) is 15.4 Å². The third-order valence-electron chi connectivity index (χ3n) is 2.35. The average Bonchev–Trinajstić information content (AvgIpc) is 2.36. The Balaban J connectivity index is 2.30. The van der Waals surface area contributed by atoms with E-state index < -0.39 is 0 Å². The second kappa shape index (κ2) is 6.44. The molecule has 1 aromatic heterocycles. The number of ether oxygens (including phenoxy) is 1. The molecule has 1 aliphatic rings. The first-order valence-electron chi connectivity index (χ1n) is 5.19. The Morgan fingerprint density at radius 1 is 1.59 bits per heavy atom. The third-order valence-corrected chi connectivity index (χ3v) is 6.23. The van der Waals surface area contributed by atoms with Crippen molar-refractivity contribution < 1.29 is 4.74 Å². The van der Waals surface area contributed by atoms with Gasteiger partial charge in [0.25, 0.3) is 5.56 Å². The maximum Gasteiger partial charge on any atom is 0.264 e. The fraction of sp³-hybridized carbons (Fsp3) is 0.600. The number of aromatic amines is 1. The van der Waals surface area contributed by atoms with Crippen molar-refractivity contribution in [1.29, 1.82) is 0 Å². The average molecular weight is 384 g/mol. The molecule has 0 spiro atoms. The van der Waals surface area contributed by atoms with Gasteiger partial charge in [-0.25, -0.2) is 4.98 Å². The molecule has 2 rings (SSSR count). The van der Waals surface area contributed by atoms with Gasteiger partial charge in [0.05, 0.1) is 17.6 Å². The lowest BCUT2D eigenvalue weighted by Gasteiger charge is -2.20. The van der Waals surface area contributed by atoms with Crippen LogP contribution in [0, 0.1) is 3.57 Å². The van der Waals surface area contributed by atoms with E-state index in [1.54, 1.807) is 7.11 Å². The third kappa shape index (κ3) is 3.39. The minimum absolute atomic E-state index is 0.0566. The highest BCUT2D eigenvalue weighted by Gasteiger charge is 2.20. The van der Waals surface area contributed by atoms with Crippen LogP contribution in [0.5, 0.6) is 0 Å². The highest BCUT2D eigenvalue weighted by molar-refractivity contribution is 14.1. The number of H-pyrrole nitrogens is 1. The molecule has 0 amide bonds. The lowest BCUT2D eigenvalue weighted by atomic mass is 10.3. The Morgan fingerprint density at radius 3 is 3.06 bits per heavy atom. The number of halogens is 1. The number of thioether (sulfide) groups is 2. The van der Waals surface area contributed by atoms with Crippen molar-refractivity contribution in [2.75, 3.05) is 24.4 Å². The Bertz CT molecular complexity index is 446. The highest BCUT2D eigenvalue weighted by Crippen LogP contribution is 2.34. The van der Waals surface area contributed by atoms with E-state index in [1.807, 2.05) is 46.1 Å². The maximum atomic E-state index is 11.8. The van der Waals surface area contributed by atoms with Crippen LogP contribution in [-0.2, 0) is 11.3 Å². The molecular formula is C10H13IN2O2S2. The number of methoxy groups -OCH3 is 1. The van der Waals surface area contributed by atoms with E-state index in [4.69, 9.17) is 4.74 Å². The molecule has 7 heteroatoms. The number of nitrogens with one attached hydrogen (secondary N) is 1. The van der Waals surface area contributed by atoms with Gasteiger partial charge in [0.15, 0.2) is 0 Å². The van der Waals surface area contributed by atoms with Crippen LogP contribution in [0.3, 0.4) is 0 Å². The molecule has 0 bridgehead atoms. The minimum Gasteiger partial charge on any atom is -0.378 e. The van der Waals surface area contributed by atoms with E-state index >= 15 is 0 Å². The molecule has 1 unspecified atom stereocenters. The number of aromatic nitrogens is 2. The Morgan fingerprint density at radius 2 is 2.41 bits per heavy atom. The van der Waals surface area contributed by atoms with Gasteiger partial charge in [-0.2, -0.15) is 11.8 Å². The molecule has 0 aliphatic carbocycles. The Hall–Kier alpha value is 0.270. The molecule has 94 valence electrons. The largest absolute Gasteiger partial charge is 0.378 e. The Labute approximate surface area is 122 Å². The van der Waals surface area contributed by atoms with Gasteiger partial charge in [0.1, 0.15) is 9.39 Å². The summed E-state index contributed by atoms with van der Waals surface area (Å²) in [7, 11) is 1.61. The van der Waals surface area contributed by atoms with Gasteiger partial charge in [-0.1, -0.05) is 0 Å². The molecule has 2 heterocycles. The lowest BCUT2D eigenvalue weighted by Crippen LogP contribution is -2.21. The molecular weight excluding hydrogens is 371 g/mol. The second-order valence-corrected chi connectivity index (χ2v) is 7.12. The zero-order valence-electron chi connectivity index (χ0n) is 9.36. The SMILES string of the molecule is COCc1nc(C2CSCCS2)[nH]c(=O)c1I. The Kier molecular flexibility index (Phi) is 5.19. The van der Waals surface area contributed by atoms with E-state index in [-0.39, 0.29) is 5.56 Å².